The molecule has 3 heteroatoms. The van der Waals surface area contributed by atoms with E-state index in [4.69, 9.17) is 4.42 Å². The second-order valence-electron chi connectivity index (χ2n) is 6.57. The first kappa shape index (κ1) is 16.3. The lowest BCUT2D eigenvalue weighted by Gasteiger charge is -2.22. The molecule has 0 fully saturated rings. The highest BCUT2D eigenvalue weighted by Gasteiger charge is 2.14. The first-order valence-corrected chi connectivity index (χ1v) is 7.26. The van der Waals surface area contributed by atoms with Gasteiger partial charge in [-0.25, -0.2) is 0 Å². The SMILES string of the molecule is CCC(C)N(C)Cc1cc(CNC(C)(C)C)c(C)o1. The molecule has 0 saturated carbocycles. The fourth-order valence-electron chi connectivity index (χ4n) is 1.91. The number of rotatable bonds is 6. The van der Waals surface area contributed by atoms with Crippen LogP contribution in [0.15, 0.2) is 10.5 Å². The maximum atomic E-state index is 5.86. The van der Waals surface area contributed by atoms with Gasteiger partial charge >= 0.3 is 0 Å². The summed E-state index contributed by atoms with van der Waals surface area (Å²) in [6, 6.07) is 2.77. The first-order chi connectivity index (χ1) is 8.73. The van der Waals surface area contributed by atoms with Gasteiger partial charge in [-0.1, -0.05) is 6.92 Å². The number of aryl methyl sites for hydroxylation is 1. The molecule has 1 unspecified atom stereocenters. The van der Waals surface area contributed by atoms with Crippen LogP contribution in [-0.2, 0) is 13.1 Å². The Morgan fingerprint density at radius 3 is 2.53 bits per heavy atom. The molecule has 0 aliphatic rings. The van der Waals surface area contributed by atoms with E-state index < -0.39 is 0 Å². The van der Waals surface area contributed by atoms with Crippen molar-refractivity contribution in [2.75, 3.05) is 7.05 Å². The van der Waals surface area contributed by atoms with Crippen LogP contribution in [0, 0.1) is 6.92 Å². The summed E-state index contributed by atoms with van der Waals surface area (Å²) in [4.78, 5) is 2.33. The van der Waals surface area contributed by atoms with Crippen molar-refractivity contribution in [2.45, 2.75) is 72.6 Å². The number of furan rings is 1. The summed E-state index contributed by atoms with van der Waals surface area (Å²) in [6.07, 6.45) is 1.16. The summed E-state index contributed by atoms with van der Waals surface area (Å²) in [5, 5.41) is 3.51. The van der Waals surface area contributed by atoms with Crippen LogP contribution < -0.4 is 5.32 Å². The van der Waals surface area contributed by atoms with Gasteiger partial charge in [-0.05, 0) is 54.2 Å². The van der Waals surface area contributed by atoms with Gasteiger partial charge in [-0.2, -0.15) is 0 Å². The Hall–Kier alpha value is -0.800. The topological polar surface area (TPSA) is 28.4 Å². The highest BCUT2D eigenvalue weighted by molar-refractivity contribution is 5.21. The van der Waals surface area contributed by atoms with E-state index >= 15 is 0 Å². The lowest BCUT2D eigenvalue weighted by atomic mass is 10.1. The zero-order chi connectivity index (χ0) is 14.6. The molecule has 0 bridgehead atoms. The number of hydrogen-bond acceptors (Lipinski definition) is 3. The van der Waals surface area contributed by atoms with Crippen molar-refractivity contribution in [3.8, 4) is 0 Å². The molecule has 0 spiro atoms. The third-order valence-corrected chi connectivity index (χ3v) is 3.63. The van der Waals surface area contributed by atoms with Gasteiger partial charge in [0.15, 0.2) is 0 Å². The second kappa shape index (κ2) is 6.58. The molecule has 110 valence electrons. The largest absolute Gasteiger partial charge is 0.465 e. The number of nitrogens with zero attached hydrogens (tertiary/aromatic N) is 1. The van der Waals surface area contributed by atoms with Gasteiger partial charge in [0.05, 0.1) is 6.54 Å². The first-order valence-electron chi connectivity index (χ1n) is 7.26. The summed E-state index contributed by atoms with van der Waals surface area (Å²) in [7, 11) is 2.15. The molecule has 3 nitrogen and oxygen atoms in total. The minimum Gasteiger partial charge on any atom is -0.465 e. The molecular weight excluding hydrogens is 236 g/mol. The standard InChI is InChI=1S/C16H30N2O/c1-8-12(2)18(7)11-15-9-14(13(3)19-15)10-17-16(4,5)6/h9,12,17H,8,10-11H2,1-7H3. The Morgan fingerprint density at radius 1 is 1.37 bits per heavy atom. The van der Waals surface area contributed by atoms with Crippen LogP contribution in [0.4, 0.5) is 0 Å². The zero-order valence-electron chi connectivity index (χ0n) is 13.6. The van der Waals surface area contributed by atoms with Crippen molar-refractivity contribution >= 4 is 0 Å². The molecule has 0 aliphatic carbocycles. The van der Waals surface area contributed by atoms with E-state index in [1.54, 1.807) is 0 Å². The van der Waals surface area contributed by atoms with Crippen molar-refractivity contribution in [1.29, 1.82) is 0 Å². The van der Waals surface area contributed by atoms with Gasteiger partial charge in [0.1, 0.15) is 11.5 Å². The molecular formula is C16H30N2O. The highest BCUT2D eigenvalue weighted by Crippen LogP contribution is 2.18. The molecule has 19 heavy (non-hydrogen) atoms. The van der Waals surface area contributed by atoms with Crippen LogP contribution in [0.5, 0.6) is 0 Å². The van der Waals surface area contributed by atoms with Crippen LogP contribution in [0.2, 0.25) is 0 Å². The molecule has 0 radical (unpaired) electrons. The average molecular weight is 266 g/mol. The summed E-state index contributed by atoms with van der Waals surface area (Å²) < 4.78 is 5.86. The molecule has 1 aromatic heterocycles. The number of nitrogens with one attached hydrogen (secondary N) is 1. The minimum absolute atomic E-state index is 0.136. The van der Waals surface area contributed by atoms with E-state index in [1.165, 1.54) is 5.56 Å². The molecule has 1 aromatic rings. The van der Waals surface area contributed by atoms with Gasteiger partial charge in [-0.15, -0.1) is 0 Å². The highest BCUT2D eigenvalue weighted by atomic mass is 16.3. The Balaban J connectivity index is 2.63. The molecule has 1 atom stereocenters. The van der Waals surface area contributed by atoms with Gasteiger partial charge in [0.25, 0.3) is 0 Å². The average Bonchev–Trinajstić information content (AvgIpc) is 2.65. The van der Waals surface area contributed by atoms with Gasteiger partial charge in [0, 0.05) is 23.7 Å². The smallest absolute Gasteiger partial charge is 0.118 e. The van der Waals surface area contributed by atoms with Gasteiger partial charge in [-0.3, -0.25) is 4.90 Å². The van der Waals surface area contributed by atoms with E-state index in [-0.39, 0.29) is 5.54 Å². The van der Waals surface area contributed by atoms with Gasteiger partial charge in [0.2, 0.25) is 0 Å². The molecule has 1 rings (SSSR count). The number of hydrogen-bond donors (Lipinski definition) is 1. The minimum atomic E-state index is 0.136. The van der Waals surface area contributed by atoms with E-state index in [9.17, 15) is 0 Å². The van der Waals surface area contributed by atoms with E-state index in [2.05, 4.69) is 57.9 Å². The van der Waals surface area contributed by atoms with Crippen molar-refractivity contribution < 1.29 is 4.42 Å². The summed E-state index contributed by atoms with van der Waals surface area (Å²) in [6.45, 7) is 14.8. The van der Waals surface area contributed by atoms with Crippen molar-refractivity contribution in [1.82, 2.24) is 10.2 Å². The summed E-state index contributed by atoms with van der Waals surface area (Å²) in [5.41, 5.74) is 1.40. The fourth-order valence-corrected chi connectivity index (χ4v) is 1.91. The van der Waals surface area contributed by atoms with E-state index in [0.29, 0.717) is 6.04 Å². The Labute approximate surface area is 118 Å². The van der Waals surface area contributed by atoms with Crippen LogP contribution in [-0.4, -0.2) is 23.5 Å². The van der Waals surface area contributed by atoms with Crippen LogP contribution in [0.3, 0.4) is 0 Å². The van der Waals surface area contributed by atoms with Crippen molar-refractivity contribution in [3.63, 3.8) is 0 Å². The monoisotopic (exact) mass is 266 g/mol. The maximum absolute atomic E-state index is 5.86. The van der Waals surface area contributed by atoms with Crippen LogP contribution in [0.1, 0.15) is 58.1 Å². The Kier molecular flexibility index (Phi) is 5.63. The van der Waals surface area contributed by atoms with Crippen LogP contribution in [0.25, 0.3) is 0 Å². The molecule has 0 amide bonds. The van der Waals surface area contributed by atoms with E-state index in [0.717, 1.165) is 31.0 Å². The lowest BCUT2D eigenvalue weighted by molar-refractivity contribution is 0.224. The quantitative estimate of drug-likeness (QED) is 0.851. The van der Waals surface area contributed by atoms with Crippen LogP contribution >= 0.6 is 0 Å². The lowest BCUT2D eigenvalue weighted by Crippen LogP contribution is -2.35. The predicted molar refractivity (Wildman–Crippen MR) is 81.3 cm³/mol. The molecule has 1 heterocycles. The summed E-state index contributed by atoms with van der Waals surface area (Å²) in [5.74, 6) is 2.09. The molecule has 1 N–H and O–H groups in total. The maximum Gasteiger partial charge on any atom is 0.118 e. The third-order valence-electron chi connectivity index (χ3n) is 3.63. The van der Waals surface area contributed by atoms with E-state index in [1.807, 2.05) is 6.92 Å². The second-order valence-corrected chi connectivity index (χ2v) is 6.57. The predicted octanol–water partition coefficient (Wildman–Crippen LogP) is 3.71. The van der Waals surface area contributed by atoms with Gasteiger partial charge < -0.3 is 9.73 Å². The zero-order valence-corrected chi connectivity index (χ0v) is 13.6. The molecule has 0 aromatic carbocycles. The normalized spacial score (nSPS) is 14.1. The molecule has 0 aliphatic heterocycles. The molecule has 0 saturated heterocycles. The summed E-state index contributed by atoms with van der Waals surface area (Å²) >= 11 is 0. The van der Waals surface area contributed by atoms with Crippen molar-refractivity contribution in [3.05, 3.63) is 23.2 Å². The third kappa shape index (κ3) is 5.37. The van der Waals surface area contributed by atoms with Crippen molar-refractivity contribution in [2.24, 2.45) is 0 Å². The Bertz CT molecular complexity index is 390. The fraction of sp³-hybridized carbons (Fsp3) is 0.750. The Morgan fingerprint density at radius 2 is 2.00 bits per heavy atom.